The summed E-state index contributed by atoms with van der Waals surface area (Å²) in [5.74, 6) is 0.171. The molecule has 0 bridgehead atoms. The lowest BCUT2D eigenvalue weighted by Gasteiger charge is -2.11. The first-order chi connectivity index (χ1) is 6.66. The highest BCUT2D eigenvalue weighted by molar-refractivity contribution is 5.75. The molecule has 0 amide bonds. The lowest BCUT2D eigenvalue weighted by molar-refractivity contribution is -0.119. The smallest absolute Gasteiger partial charge is 0.132 e. The number of carbonyl (C=O) groups excluding carboxylic acids is 1. The Hall–Kier alpha value is -0.410. The van der Waals surface area contributed by atoms with Gasteiger partial charge in [0.2, 0.25) is 0 Å². The molecule has 84 valence electrons. The van der Waals surface area contributed by atoms with Crippen LogP contribution in [-0.2, 0) is 14.3 Å². The Morgan fingerprint density at radius 1 is 1.29 bits per heavy atom. The molecule has 1 atom stereocenters. The Kier molecular flexibility index (Phi) is 8.89. The predicted octanol–water partition coefficient (Wildman–Crippen LogP) is 2.19. The fourth-order valence-corrected chi connectivity index (χ4v) is 1.12. The molecule has 0 aliphatic heterocycles. The second-order valence-corrected chi connectivity index (χ2v) is 3.55. The van der Waals surface area contributed by atoms with Gasteiger partial charge in [-0.15, -0.1) is 0 Å². The number of Topliss-reactive ketones (excluding diaryl/α,β-unsaturated/α-hetero) is 1. The maximum atomic E-state index is 10.7. The van der Waals surface area contributed by atoms with Crippen LogP contribution in [0.25, 0.3) is 0 Å². The van der Waals surface area contributed by atoms with E-state index in [-0.39, 0.29) is 11.9 Å². The third kappa shape index (κ3) is 9.68. The standard InChI is InChI=1S/C11H22O3/c1-4-5-6-13-7-8-14-11(3)9-10(2)12/h11H,4-9H2,1-3H3. The molecular weight excluding hydrogens is 180 g/mol. The molecule has 0 aromatic heterocycles. The molecule has 0 aliphatic carbocycles. The van der Waals surface area contributed by atoms with Gasteiger partial charge < -0.3 is 9.47 Å². The van der Waals surface area contributed by atoms with Crippen molar-refractivity contribution in [2.24, 2.45) is 0 Å². The highest BCUT2D eigenvalue weighted by Gasteiger charge is 2.04. The maximum absolute atomic E-state index is 10.7. The molecule has 0 aromatic carbocycles. The number of hydrogen-bond acceptors (Lipinski definition) is 3. The number of rotatable bonds is 9. The molecular formula is C11H22O3. The van der Waals surface area contributed by atoms with Crippen LogP contribution in [0.5, 0.6) is 0 Å². The molecule has 0 heterocycles. The van der Waals surface area contributed by atoms with Crippen molar-refractivity contribution in [1.29, 1.82) is 0 Å². The molecule has 0 aliphatic rings. The van der Waals surface area contributed by atoms with Gasteiger partial charge in [0.15, 0.2) is 0 Å². The quantitative estimate of drug-likeness (QED) is 0.538. The lowest BCUT2D eigenvalue weighted by Crippen LogP contribution is -2.15. The molecule has 0 fully saturated rings. The summed E-state index contributed by atoms with van der Waals surface area (Å²) in [5, 5.41) is 0. The van der Waals surface area contributed by atoms with Gasteiger partial charge in [-0.05, 0) is 20.3 Å². The second-order valence-electron chi connectivity index (χ2n) is 3.55. The summed E-state index contributed by atoms with van der Waals surface area (Å²) in [7, 11) is 0. The van der Waals surface area contributed by atoms with Crippen molar-refractivity contribution in [3.8, 4) is 0 Å². The van der Waals surface area contributed by atoms with Gasteiger partial charge in [0.1, 0.15) is 5.78 Å². The Morgan fingerprint density at radius 2 is 2.00 bits per heavy atom. The average molecular weight is 202 g/mol. The van der Waals surface area contributed by atoms with Crippen molar-refractivity contribution in [1.82, 2.24) is 0 Å². The van der Waals surface area contributed by atoms with E-state index in [0.717, 1.165) is 19.4 Å². The van der Waals surface area contributed by atoms with Crippen molar-refractivity contribution in [2.45, 2.75) is 46.1 Å². The third-order valence-electron chi connectivity index (χ3n) is 1.85. The Morgan fingerprint density at radius 3 is 2.57 bits per heavy atom. The lowest BCUT2D eigenvalue weighted by atomic mass is 10.2. The molecule has 0 spiro atoms. The topological polar surface area (TPSA) is 35.5 Å². The van der Waals surface area contributed by atoms with Crippen LogP contribution in [-0.4, -0.2) is 31.7 Å². The minimum absolute atomic E-state index is 0.0160. The first-order valence-electron chi connectivity index (χ1n) is 5.35. The molecule has 1 unspecified atom stereocenters. The fraction of sp³-hybridized carbons (Fsp3) is 0.909. The number of ketones is 1. The van der Waals surface area contributed by atoms with Gasteiger partial charge in [0.25, 0.3) is 0 Å². The van der Waals surface area contributed by atoms with Gasteiger partial charge in [-0.3, -0.25) is 4.79 Å². The predicted molar refractivity (Wildman–Crippen MR) is 56.4 cm³/mol. The summed E-state index contributed by atoms with van der Waals surface area (Å²) in [5.41, 5.74) is 0. The Balaban J connectivity index is 3.14. The molecule has 0 saturated carbocycles. The molecule has 0 saturated heterocycles. The highest BCUT2D eigenvalue weighted by Crippen LogP contribution is 1.98. The monoisotopic (exact) mass is 202 g/mol. The zero-order valence-electron chi connectivity index (χ0n) is 9.54. The number of hydrogen-bond donors (Lipinski definition) is 0. The summed E-state index contributed by atoms with van der Waals surface area (Å²) in [6, 6.07) is 0. The van der Waals surface area contributed by atoms with Crippen LogP contribution >= 0.6 is 0 Å². The number of unbranched alkanes of at least 4 members (excludes halogenated alkanes) is 1. The van der Waals surface area contributed by atoms with Crippen LogP contribution in [0, 0.1) is 0 Å². The molecule has 14 heavy (non-hydrogen) atoms. The van der Waals surface area contributed by atoms with Gasteiger partial charge in [0.05, 0.1) is 19.3 Å². The van der Waals surface area contributed by atoms with Crippen molar-refractivity contribution < 1.29 is 14.3 Å². The zero-order valence-corrected chi connectivity index (χ0v) is 9.54. The van der Waals surface area contributed by atoms with E-state index in [1.807, 2.05) is 6.92 Å². The van der Waals surface area contributed by atoms with Crippen LogP contribution in [0.2, 0.25) is 0 Å². The third-order valence-corrected chi connectivity index (χ3v) is 1.85. The molecule has 0 aromatic rings. The molecule has 0 N–H and O–H groups in total. The van der Waals surface area contributed by atoms with Gasteiger partial charge in [-0.2, -0.15) is 0 Å². The average Bonchev–Trinajstić information content (AvgIpc) is 2.10. The number of ether oxygens (including phenoxy) is 2. The second kappa shape index (κ2) is 9.16. The van der Waals surface area contributed by atoms with Crippen LogP contribution in [0.1, 0.15) is 40.0 Å². The van der Waals surface area contributed by atoms with E-state index in [9.17, 15) is 4.79 Å². The van der Waals surface area contributed by atoms with E-state index in [1.54, 1.807) is 6.92 Å². The summed E-state index contributed by atoms with van der Waals surface area (Å²) in [6.07, 6.45) is 2.77. The molecule has 0 radical (unpaired) electrons. The van der Waals surface area contributed by atoms with E-state index in [2.05, 4.69) is 6.92 Å². The first kappa shape index (κ1) is 13.6. The van der Waals surface area contributed by atoms with E-state index >= 15 is 0 Å². The first-order valence-corrected chi connectivity index (χ1v) is 5.35. The summed E-state index contributed by atoms with van der Waals surface area (Å²) >= 11 is 0. The molecule has 3 heteroatoms. The highest BCUT2D eigenvalue weighted by atomic mass is 16.5. The summed E-state index contributed by atoms with van der Waals surface area (Å²) < 4.78 is 10.7. The largest absolute Gasteiger partial charge is 0.379 e. The van der Waals surface area contributed by atoms with Gasteiger partial charge in [-0.1, -0.05) is 13.3 Å². The van der Waals surface area contributed by atoms with E-state index in [0.29, 0.717) is 19.6 Å². The fourth-order valence-electron chi connectivity index (χ4n) is 1.12. The van der Waals surface area contributed by atoms with E-state index in [1.165, 1.54) is 0 Å². The maximum Gasteiger partial charge on any atom is 0.132 e. The van der Waals surface area contributed by atoms with Crippen molar-refractivity contribution in [3.05, 3.63) is 0 Å². The van der Waals surface area contributed by atoms with Gasteiger partial charge >= 0.3 is 0 Å². The normalized spacial score (nSPS) is 12.8. The van der Waals surface area contributed by atoms with E-state index < -0.39 is 0 Å². The van der Waals surface area contributed by atoms with Crippen molar-refractivity contribution in [3.63, 3.8) is 0 Å². The van der Waals surface area contributed by atoms with Crippen LogP contribution in [0.4, 0.5) is 0 Å². The minimum Gasteiger partial charge on any atom is -0.379 e. The van der Waals surface area contributed by atoms with Gasteiger partial charge in [0, 0.05) is 13.0 Å². The molecule has 3 nitrogen and oxygen atoms in total. The number of carbonyl (C=O) groups is 1. The Labute approximate surface area is 86.8 Å². The summed E-state index contributed by atoms with van der Waals surface area (Å²) in [6.45, 7) is 7.64. The summed E-state index contributed by atoms with van der Waals surface area (Å²) in [4.78, 5) is 10.7. The zero-order chi connectivity index (χ0) is 10.8. The minimum atomic E-state index is 0.0160. The van der Waals surface area contributed by atoms with Gasteiger partial charge in [-0.25, -0.2) is 0 Å². The van der Waals surface area contributed by atoms with Crippen LogP contribution in [0.15, 0.2) is 0 Å². The Bertz CT molecular complexity index is 145. The van der Waals surface area contributed by atoms with E-state index in [4.69, 9.17) is 9.47 Å². The van der Waals surface area contributed by atoms with Crippen molar-refractivity contribution >= 4 is 5.78 Å². The van der Waals surface area contributed by atoms with Crippen molar-refractivity contribution in [2.75, 3.05) is 19.8 Å². The van der Waals surface area contributed by atoms with Crippen LogP contribution < -0.4 is 0 Å². The molecule has 0 rings (SSSR count). The van der Waals surface area contributed by atoms with Crippen LogP contribution in [0.3, 0.4) is 0 Å². The SMILES string of the molecule is CCCCOCCOC(C)CC(C)=O.